The monoisotopic (exact) mass is 345 g/mol. The lowest BCUT2D eigenvalue weighted by atomic mass is 10.1. The molecular formula is C16H16ClN5O2. The fourth-order valence-corrected chi connectivity index (χ4v) is 3.47. The quantitative estimate of drug-likeness (QED) is 0.729. The van der Waals surface area contributed by atoms with Crippen LogP contribution in [-0.4, -0.2) is 44.3 Å². The molecule has 4 rings (SSSR count). The van der Waals surface area contributed by atoms with Crippen LogP contribution in [0.15, 0.2) is 24.3 Å². The van der Waals surface area contributed by atoms with Crippen molar-refractivity contribution in [3.05, 3.63) is 35.0 Å². The number of fused-ring (bicyclic) bond motifs is 3. The number of carbonyl (C=O) groups excluding carboxylic acids is 1. The van der Waals surface area contributed by atoms with Crippen LogP contribution in [0, 0.1) is 6.92 Å². The number of β-amino-alcohol motifs (C(OH)–C–C–N with tert-alkyl or cyclic N) is 1. The van der Waals surface area contributed by atoms with Crippen LogP contribution in [0.2, 0.25) is 5.02 Å². The van der Waals surface area contributed by atoms with Crippen LogP contribution >= 0.6 is 11.6 Å². The summed E-state index contributed by atoms with van der Waals surface area (Å²) >= 11 is 6.34. The molecule has 1 saturated heterocycles. The number of aryl methyl sites for hydroxylation is 1. The van der Waals surface area contributed by atoms with E-state index in [2.05, 4.69) is 10.1 Å². The predicted octanol–water partition coefficient (Wildman–Crippen LogP) is 1.27. The maximum absolute atomic E-state index is 11.8. The molecule has 1 amide bonds. The molecule has 1 aliphatic rings. The van der Waals surface area contributed by atoms with Crippen molar-refractivity contribution in [1.29, 1.82) is 0 Å². The average Bonchev–Trinajstić information content (AvgIpc) is 3.08. The number of aromatic nitrogens is 3. The van der Waals surface area contributed by atoms with Crippen molar-refractivity contribution < 1.29 is 9.90 Å². The summed E-state index contributed by atoms with van der Waals surface area (Å²) in [5, 5.41) is 15.7. The second-order valence-electron chi connectivity index (χ2n) is 6.05. The average molecular weight is 346 g/mol. The molecule has 3 heterocycles. The smallest absolute Gasteiger partial charge is 0.240 e. The number of halogens is 1. The number of primary amides is 1. The van der Waals surface area contributed by atoms with E-state index in [-0.39, 0.29) is 0 Å². The van der Waals surface area contributed by atoms with Gasteiger partial charge in [-0.05, 0) is 19.1 Å². The van der Waals surface area contributed by atoms with Crippen LogP contribution in [0.25, 0.3) is 16.6 Å². The van der Waals surface area contributed by atoms with E-state index in [4.69, 9.17) is 17.3 Å². The Morgan fingerprint density at radius 2 is 2.17 bits per heavy atom. The van der Waals surface area contributed by atoms with E-state index in [1.807, 2.05) is 31.2 Å². The predicted molar refractivity (Wildman–Crippen MR) is 91.2 cm³/mol. The second-order valence-corrected chi connectivity index (χ2v) is 6.43. The minimum atomic E-state index is -0.624. The molecule has 1 aromatic carbocycles. The Hall–Kier alpha value is -2.38. The third-order valence-corrected chi connectivity index (χ3v) is 4.87. The van der Waals surface area contributed by atoms with Crippen LogP contribution in [0.3, 0.4) is 0 Å². The first kappa shape index (κ1) is 15.2. The number of carbonyl (C=O) groups is 1. The number of aliphatic hydroxyl groups is 1. The number of hydrogen-bond acceptors (Lipinski definition) is 5. The largest absolute Gasteiger partial charge is 0.391 e. The summed E-state index contributed by atoms with van der Waals surface area (Å²) in [6.07, 6.45) is -0.330. The van der Waals surface area contributed by atoms with Crippen molar-refractivity contribution in [2.45, 2.75) is 25.5 Å². The van der Waals surface area contributed by atoms with Crippen molar-refractivity contribution in [3.8, 4) is 0 Å². The van der Waals surface area contributed by atoms with E-state index in [1.165, 1.54) is 0 Å². The number of anilines is 1. The van der Waals surface area contributed by atoms with Crippen molar-refractivity contribution in [1.82, 2.24) is 14.6 Å². The van der Waals surface area contributed by atoms with E-state index in [0.29, 0.717) is 35.1 Å². The number of nitrogens with two attached hydrogens (primary N) is 1. The first-order valence-electron chi connectivity index (χ1n) is 7.65. The number of rotatable bonds is 2. The highest BCUT2D eigenvalue weighted by molar-refractivity contribution is 6.34. The standard InChI is InChI=1S/C16H16ClN5O2/c1-8-13(17)16-19-15(21-7-9(23)6-12(21)14(18)24)10-4-2-3-5-11(10)22(16)20-8/h2-5,9,12,23H,6-7H2,1H3,(H2,18,24)/t9-,12-/m1/s1. The Morgan fingerprint density at radius 1 is 1.42 bits per heavy atom. The zero-order valence-electron chi connectivity index (χ0n) is 13.0. The third-order valence-electron chi connectivity index (χ3n) is 4.43. The lowest BCUT2D eigenvalue weighted by molar-refractivity contribution is -0.119. The highest BCUT2D eigenvalue weighted by Crippen LogP contribution is 2.33. The van der Waals surface area contributed by atoms with Gasteiger partial charge in [0.25, 0.3) is 0 Å². The molecular weight excluding hydrogens is 330 g/mol. The molecule has 3 N–H and O–H groups in total. The molecule has 0 radical (unpaired) electrons. The van der Waals surface area contributed by atoms with Gasteiger partial charge in [0.1, 0.15) is 16.9 Å². The van der Waals surface area contributed by atoms with Crippen LogP contribution in [0.5, 0.6) is 0 Å². The molecule has 1 fully saturated rings. The summed E-state index contributed by atoms with van der Waals surface area (Å²) < 4.78 is 1.70. The third kappa shape index (κ3) is 2.12. The molecule has 0 spiro atoms. The molecule has 7 nitrogen and oxygen atoms in total. The summed E-state index contributed by atoms with van der Waals surface area (Å²) in [6.45, 7) is 2.11. The zero-order valence-corrected chi connectivity index (χ0v) is 13.7. The molecule has 0 bridgehead atoms. The van der Waals surface area contributed by atoms with Gasteiger partial charge in [-0.15, -0.1) is 0 Å². The second kappa shape index (κ2) is 5.32. The molecule has 3 aromatic rings. The number of nitrogens with zero attached hydrogens (tertiary/aromatic N) is 4. The maximum Gasteiger partial charge on any atom is 0.240 e. The van der Waals surface area contributed by atoms with E-state index in [1.54, 1.807) is 9.42 Å². The normalized spacial score (nSPS) is 21.0. The van der Waals surface area contributed by atoms with Crippen LogP contribution in [0.4, 0.5) is 5.82 Å². The Balaban J connectivity index is 2.03. The van der Waals surface area contributed by atoms with Gasteiger partial charge in [-0.1, -0.05) is 23.7 Å². The van der Waals surface area contributed by atoms with Crippen LogP contribution < -0.4 is 10.6 Å². The van der Waals surface area contributed by atoms with Gasteiger partial charge in [0.15, 0.2) is 5.65 Å². The Bertz CT molecular complexity index is 970. The SMILES string of the molecule is Cc1nn2c(nc(N3C[C@H](O)C[C@@H]3C(N)=O)c3ccccc32)c1Cl. The Labute approximate surface area is 142 Å². The molecule has 0 unspecified atom stereocenters. The van der Waals surface area contributed by atoms with Gasteiger partial charge in [-0.3, -0.25) is 4.79 Å². The zero-order chi connectivity index (χ0) is 17.0. The number of amides is 1. The molecule has 24 heavy (non-hydrogen) atoms. The minimum absolute atomic E-state index is 0.294. The topological polar surface area (TPSA) is 96.8 Å². The summed E-state index contributed by atoms with van der Waals surface area (Å²) in [7, 11) is 0. The fraction of sp³-hybridized carbons (Fsp3) is 0.312. The van der Waals surface area contributed by atoms with Gasteiger partial charge in [0, 0.05) is 18.4 Å². The van der Waals surface area contributed by atoms with Crippen LogP contribution in [-0.2, 0) is 4.79 Å². The molecule has 124 valence electrons. The van der Waals surface area contributed by atoms with Crippen molar-refractivity contribution in [3.63, 3.8) is 0 Å². The van der Waals surface area contributed by atoms with Gasteiger partial charge >= 0.3 is 0 Å². The van der Waals surface area contributed by atoms with Crippen LogP contribution in [0.1, 0.15) is 12.1 Å². The van der Waals surface area contributed by atoms with Crippen molar-refractivity contribution in [2.24, 2.45) is 5.73 Å². The van der Waals surface area contributed by atoms with E-state index >= 15 is 0 Å². The van der Waals surface area contributed by atoms with Gasteiger partial charge in [0.05, 0.1) is 17.3 Å². The summed E-state index contributed by atoms with van der Waals surface area (Å²) in [4.78, 5) is 18.2. The van der Waals surface area contributed by atoms with E-state index < -0.39 is 18.1 Å². The fourth-order valence-electron chi connectivity index (χ4n) is 3.30. The number of benzene rings is 1. The van der Waals surface area contributed by atoms with Gasteiger partial charge in [-0.25, -0.2) is 9.50 Å². The summed E-state index contributed by atoms with van der Waals surface area (Å²) in [5.41, 5.74) is 7.55. The lowest BCUT2D eigenvalue weighted by Crippen LogP contribution is -2.41. The summed E-state index contributed by atoms with van der Waals surface area (Å²) in [5.74, 6) is 0.105. The van der Waals surface area contributed by atoms with E-state index in [9.17, 15) is 9.90 Å². The number of para-hydroxylation sites is 1. The molecule has 8 heteroatoms. The minimum Gasteiger partial charge on any atom is -0.391 e. The molecule has 0 aliphatic carbocycles. The lowest BCUT2D eigenvalue weighted by Gasteiger charge is -2.24. The number of aliphatic hydroxyl groups excluding tert-OH is 1. The maximum atomic E-state index is 11.8. The highest BCUT2D eigenvalue weighted by atomic mass is 35.5. The molecule has 0 saturated carbocycles. The first-order valence-corrected chi connectivity index (χ1v) is 8.02. The van der Waals surface area contributed by atoms with Gasteiger partial charge < -0.3 is 15.7 Å². The first-order chi connectivity index (χ1) is 11.5. The van der Waals surface area contributed by atoms with Crippen molar-refractivity contribution in [2.75, 3.05) is 11.4 Å². The molecule has 2 atom stereocenters. The summed E-state index contributed by atoms with van der Waals surface area (Å²) in [6, 6.07) is 7.03. The van der Waals surface area contributed by atoms with E-state index in [0.717, 1.165) is 10.9 Å². The van der Waals surface area contributed by atoms with Gasteiger partial charge in [-0.2, -0.15) is 5.10 Å². The Morgan fingerprint density at radius 3 is 2.92 bits per heavy atom. The number of hydrogen-bond donors (Lipinski definition) is 2. The molecule has 2 aromatic heterocycles. The van der Waals surface area contributed by atoms with Crippen molar-refractivity contribution >= 4 is 39.9 Å². The Kier molecular flexibility index (Phi) is 3.36. The van der Waals surface area contributed by atoms with Gasteiger partial charge in [0.2, 0.25) is 5.91 Å². The molecule has 1 aliphatic heterocycles. The highest BCUT2D eigenvalue weighted by Gasteiger charge is 2.36.